The zero-order valence-electron chi connectivity index (χ0n) is 6.07. The molecule has 9 heavy (non-hydrogen) atoms. The van der Waals surface area contributed by atoms with Gasteiger partial charge in [-0.05, 0) is 20.4 Å². The lowest BCUT2D eigenvalue weighted by Gasteiger charge is -1.98. The molecule has 1 heteroatoms. The second-order valence-electron chi connectivity index (χ2n) is 2.55. The SMILES string of the molecule is CNCC1=CC=C(C)C1. The summed E-state index contributed by atoms with van der Waals surface area (Å²) in [5.41, 5.74) is 2.97. The molecule has 1 rings (SSSR count). The van der Waals surface area contributed by atoms with Gasteiger partial charge >= 0.3 is 0 Å². The van der Waals surface area contributed by atoms with Crippen LogP contribution in [0.3, 0.4) is 0 Å². The van der Waals surface area contributed by atoms with Crippen LogP contribution in [0.15, 0.2) is 23.3 Å². The minimum Gasteiger partial charge on any atom is -0.316 e. The molecule has 1 N–H and O–H groups in total. The maximum absolute atomic E-state index is 3.13. The molecule has 0 saturated carbocycles. The van der Waals surface area contributed by atoms with Crippen molar-refractivity contribution >= 4 is 0 Å². The summed E-state index contributed by atoms with van der Waals surface area (Å²) in [4.78, 5) is 0. The first-order chi connectivity index (χ1) is 4.33. The van der Waals surface area contributed by atoms with Crippen molar-refractivity contribution in [1.82, 2.24) is 5.32 Å². The molecule has 0 aromatic rings. The predicted molar refractivity (Wildman–Crippen MR) is 40.4 cm³/mol. The van der Waals surface area contributed by atoms with E-state index < -0.39 is 0 Å². The summed E-state index contributed by atoms with van der Waals surface area (Å²) in [6.07, 6.45) is 5.55. The average molecular weight is 123 g/mol. The average Bonchev–Trinajstić information content (AvgIpc) is 2.17. The van der Waals surface area contributed by atoms with E-state index in [4.69, 9.17) is 0 Å². The number of rotatable bonds is 2. The third-order valence-electron chi connectivity index (χ3n) is 1.51. The Bertz CT molecular complexity index is 154. The number of hydrogen-bond donors (Lipinski definition) is 1. The third kappa shape index (κ3) is 1.68. The first-order valence-electron chi connectivity index (χ1n) is 3.32. The molecule has 0 radical (unpaired) electrons. The first-order valence-corrected chi connectivity index (χ1v) is 3.32. The molecule has 1 aliphatic carbocycles. The smallest absolute Gasteiger partial charge is 0.0167 e. The van der Waals surface area contributed by atoms with Gasteiger partial charge in [0.05, 0.1) is 0 Å². The number of hydrogen-bond acceptors (Lipinski definition) is 1. The lowest BCUT2D eigenvalue weighted by molar-refractivity contribution is 0.859. The van der Waals surface area contributed by atoms with Crippen molar-refractivity contribution < 1.29 is 0 Å². The van der Waals surface area contributed by atoms with E-state index in [1.54, 1.807) is 0 Å². The molecule has 50 valence electrons. The van der Waals surface area contributed by atoms with Crippen LogP contribution in [0.25, 0.3) is 0 Å². The van der Waals surface area contributed by atoms with Crippen molar-refractivity contribution in [3.63, 3.8) is 0 Å². The van der Waals surface area contributed by atoms with E-state index in [-0.39, 0.29) is 0 Å². The summed E-state index contributed by atoms with van der Waals surface area (Å²) in [6, 6.07) is 0. The second-order valence-corrected chi connectivity index (χ2v) is 2.55. The van der Waals surface area contributed by atoms with Crippen LogP contribution in [0.4, 0.5) is 0 Å². The van der Waals surface area contributed by atoms with Crippen molar-refractivity contribution in [3.05, 3.63) is 23.3 Å². The van der Waals surface area contributed by atoms with E-state index in [0.717, 1.165) is 6.54 Å². The monoisotopic (exact) mass is 123 g/mol. The highest BCUT2D eigenvalue weighted by Crippen LogP contribution is 2.16. The Balaban J connectivity index is 2.35. The van der Waals surface area contributed by atoms with Crippen LogP contribution in [0.5, 0.6) is 0 Å². The highest BCUT2D eigenvalue weighted by Gasteiger charge is 2.01. The van der Waals surface area contributed by atoms with Crippen molar-refractivity contribution in [3.8, 4) is 0 Å². The lowest BCUT2D eigenvalue weighted by atomic mass is 10.2. The first kappa shape index (κ1) is 6.56. The zero-order valence-corrected chi connectivity index (χ0v) is 6.07. The van der Waals surface area contributed by atoms with Gasteiger partial charge in [0, 0.05) is 6.54 Å². The van der Waals surface area contributed by atoms with Gasteiger partial charge in [-0.15, -0.1) is 0 Å². The van der Waals surface area contributed by atoms with Crippen LogP contribution in [-0.2, 0) is 0 Å². The summed E-state index contributed by atoms with van der Waals surface area (Å²) < 4.78 is 0. The molecule has 0 heterocycles. The standard InChI is InChI=1S/C8H13N/c1-7-3-4-8(5-7)6-9-2/h3-4,9H,5-6H2,1-2H3. The molecule has 0 fully saturated rings. The van der Waals surface area contributed by atoms with Crippen LogP contribution in [0.2, 0.25) is 0 Å². The number of allylic oxidation sites excluding steroid dienone is 3. The van der Waals surface area contributed by atoms with Gasteiger partial charge in [0.2, 0.25) is 0 Å². The fourth-order valence-corrected chi connectivity index (χ4v) is 1.08. The van der Waals surface area contributed by atoms with Crippen molar-refractivity contribution in [2.45, 2.75) is 13.3 Å². The van der Waals surface area contributed by atoms with Gasteiger partial charge in [-0.25, -0.2) is 0 Å². The zero-order chi connectivity index (χ0) is 6.69. The molecule has 0 unspecified atom stereocenters. The van der Waals surface area contributed by atoms with E-state index in [2.05, 4.69) is 24.4 Å². The van der Waals surface area contributed by atoms with Gasteiger partial charge in [0.1, 0.15) is 0 Å². The van der Waals surface area contributed by atoms with Crippen LogP contribution in [0.1, 0.15) is 13.3 Å². The minimum atomic E-state index is 1.04. The molecule has 0 spiro atoms. The van der Waals surface area contributed by atoms with Crippen LogP contribution >= 0.6 is 0 Å². The molecule has 0 saturated heterocycles. The molecule has 0 amide bonds. The van der Waals surface area contributed by atoms with Gasteiger partial charge in [-0.2, -0.15) is 0 Å². The molecular weight excluding hydrogens is 110 g/mol. The topological polar surface area (TPSA) is 12.0 Å². The normalized spacial score (nSPS) is 17.6. The summed E-state index contributed by atoms with van der Waals surface area (Å²) in [5, 5.41) is 3.13. The summed E-state index contributed by atoms with van der Waals surface area (Å²) in [5.74, 6) is 0. The maximum Gasteiger partial charge on any atom is 0.0167 e. The van der Waals surface area contributed by atoms with Gasteiger partial charge in [-0.3, -0.25) is 0 Å². The minimum absolute atomic E-state index is 1.04. The molecule has 1 aliphatic rings. The van der Waals surface area contributed by atoms with Gasteiger partial charge in [-0.1, -0.05) is 23.3 Å². The summed E-state index contributed by atoms with van der Waals surface area (Å²) in [7, 11) is 1.98. The van der Waals surface area contributed by atoms with E-state index in [1.807, 2.05) is 7.05 Å². The number of likely N-dealkylation sites (N-methyl/N-ethyl adjacent to an activating group) is 1. The van der Waals surface area contributed by atoms with Crippen molar-refractivity contribution in [1.29, 1.82) is 0 Å². The maximum atomic E-state index is 3.13. The largest absolute Gasteiger partial charge is 0.316 e. The Kier molecular flexibility index (Phi) is 2.06. The van der Waals surface area contributed by atoms with Gasteiger partial charge in [0.25, 0.3) is 0 Å². The molecular formula is C8H13N. The Morgan fingerprint density at radius 3 is 2.78 bits per heavy atom. The molecule has 0 bridgehead atoms. The van der Waals surface area contributed by atoms with Gasteiger partial charge in [0.15, 0.2) is 0 Å². The molecule has 0 aliphatic heterocycles. The predicted octanol–water partition coefficient (Wildman–Crippen LogP) is 1.48. The molecule has 0 aromatic heterocycles. The Morgan fingerprint density at radius 2 is 2.33 bits per heavy atom. The Labute approximate surface area is 56.5 Å². The quantitative estimate of drug-likeness (QED) is 0.586. The fraction of sp³-hybridized carbons (Fsp3) is 0.500. The van der Waals surface area contributed by atoms with Crippen molar-refractivity contribution in [2.24, 2.45) is 0 Å². The molecule has 1 nitrogen and oxygen atoms in total. The second kappa shape index (κ2) is 2.83. The van der Waals surface area contributed by atoms with E-state index in [9.17, 15) is 0 Å². The third-order valence-corrected chi connectivity index (χ3v) is 1.51. The Morgan fingerprint density at radius 1 is 1.56 bits per heavy atom. The fourth-order valence-electron chi connectivity index (χ4n) is 1.08. The highest BCUT2D eigenvalue weighted by atomic mass is 14.8. The van der Waals surface area contributed by atoms with Gasteiger partial charge < -0.3 is 5.32 Å². The molecule has 0 aromatic carbocycles. The van der Waals surface area contributed by atoms with E-state index in [0.29, 0.717) is 0 Å². The van der Waals surface area contributed by atoms with E-state index in [1.165, 1.54) is 17.6 Å². The Hall–Kier alpha value is -0.560. The van der Waals surface area contributed by atoms with Crippen LogP contribution in [-0.4, -0.2) is 13.6 Å². The van der Waals surface area contributed by atoms with Crippen molar-refractivity contribution in [2.75, 3.05) is 13.6 Å². The summed E-state index contributed by atoms with van der Waals surface area (Å²) >= 11 is 0. The number of nitrogens with one attached hydrogen (secondary N) is 1. The van der Waals surface area contributed by atoms with Crippen LogP contribution in [0, 0.1) is 0 Å². The summed E-state index contributed by atoms with van der Waals surface area (Å²) in [6.45, 7) is 3.20. The lowest BCUT2D eigenvalue weighted by Crippen LogP contribution is -2.09. The molecule has 0 atom stereocenters. The van der Waals surface area contributed by atoms with E-state index >= 15 is 0 Å². The van der Waals surface area contributed by atoms with Crippen LogP contribution < -0.4 is 5.32 Å². The highest BCUT2D eigenvalue weighted by molar-refractivity contribution is 5.29.